The highest BCUT2D eigenvalue weighted by atomic mass is 16.5. The normalized spacial score (nSPS) is 16.1. The first-order chi connectivity index (χ1) is 9.70. The summed E-state index contributed by atoms with van der Waals surface area (Å²) in [5.74, 6) is 3.33. The van der Waals surface area contributed by atoms with Gasteiger partial charge >= 0.3 is 0 Å². The van der Waals surface area contributed by atoms with Crippen LogP contribution >= 0.6 is 0 Å². The van der Waals surface area contributed by atoms with E-state index in [9.17, 15) is 0 Å². The Bertz CT molecular complexity index is 585. The van der Waals surface area contributed by atoms with Crippen LogP contribution in [0.25, 0.3) is 11.1 Å². The van der Waals surface area contributed by atoms with Crippen LogP contribution in [0.1, 0.15) is 38.4 Å². The molecule has 4 heteroatoms. The lowest BCUT2D eigenvalue weighted by atomic mass is 9.95. The molecule has 2 aromatic rings. The molecule has 2 N–H and O–H groups in total. The van der Waals surface area contributed by atoms with E-state index in [4.69, 9.17) is 15.0 Å². The molecule has 0 spiro atoms. The molecule has 1 aliphatic rings. The van der Waals surface area contributed by atoms with Crippen molar-refractivity contribution in [2.24, 2.45) is 5.92 Å². The smallest absolute Gasteiger partial charge is 0.175 e. The van der Waals surface area contributed by atoms with E-state index >= 15 is 0 Å². The molecule has 0 radical (unpaired) electrons. The molecular weight excluding hydrogens is 252 g/mol. The van der Waals surface area contributed by atoms with E-state index in [1.54, 1.807) is 0 Å². The van der Waals surface area contributed by atoms with Crippen LogP contribution in [0.15, 0.2) is 28.8 Å². The number of nitrogens with zero attached hydrogens (tertiary/aromatic N) is 1. The topological polar surface area (TPSA) is 61.3 Å². The van der Waals surface area contributed by atoms with E-state index in [-0.39, 0.29) is 0 Å². The van der Waals surface area contributed by atoms with E-state index in [0.717, 1.165) is 22.6 Å². The molecule has 1 saturated carbocycles. The van der Waals surface area contributed by atoms with Crippen LogP contribution in [0.5, 0.6) is 5.75 Å². The van der Waals surface area contributed by atoms with Crippen molar-refractivity contribution in [3.63, 3.8) is 0 Å². The maximum atomic E-state index is 5.99. The number of rotatable bonds is 5. The number of nitrogens with two attached hydrogens (primary N) is 1. The Kier molecular flexibility index (Phi) is 3.38. The van der Waals surface area contributed by atoms with Gasteiger partial charge in [0.05, 0.1) is 12.2 Å². The number of anilines is 1. The van der Waals surface area contributed by atoms with Crippen LogP contribution in [0.3, 0.4) is 0 Å². The second-order valence-electron chi connectivity index (χ2n) is 5.39. The molecule has 1 unspecified atom stereocenters. The first-order valence-corrected chi connectivity index (χ1v) is 7.19. The highest BCUT2D eigenvalue weighted by Crippen LogP contribution is 2.46. The monoisotopic (exact) mass is 272 g/mol. The summed E-state index contributed by atoms with van der Waals surface area (Å²) in [5, 5.41) is 3.95. The standard InChI is InChI=1S/C16H20N2O2/c1-3-19-13-8-6-12(7-9-13)14-15(20-18-16(14)17)10(2)11-4-5-11/h6-11H,3-5H2,1-2H3,(H2,17,18). The van der Waals surface area contributed by atoms with Crippen LogP contribution in [-0.4, -0.2) is 11.8 Å². The van der Waals surface area contributed by atoms with E-state index in [1.807, 2.05) is 31.2 Å². The fourth-order valence-corrected chi connectivity index (χ4v) is 2.61. The van der Waals surface area contributed by atoms with Gasteiger partial charge in [-0.3, -0.25) is 0 Å². The molecule has 1 aromatic carbocycles. The highest BCUT2D eigenvalue weighted by Gasteiger charge is 2.34. The molecule has 106 valence electrons. The lowest BCUT2D eigenvalue weighted by Crippen LogP contribution is -1.97. The van der Waals surface area contributed by atoms with E-state index in [1.165, 1.54) is 12.8 Å². The largest absolute Gasteiger partial charge is 0.494 e. The molecule has 3 rings (SSSR count). The third kappa shape index (κ3) is 2.38. The Morgan fingerprint density at radius 3 is 2.65 bits per heavy atom. The van der Waals surface area contributed by atoms with Gasteiger partial charge < -0.3 is 15.0 Å². The molecule has 0 bridgehead atoms. The van der Waals surface area contributed by atoms with Gasteiger partial charge in [-0.15, -0.1) is 0 Å². The van der Waals surface area contributed by atoms with E-state index in [2.05, 4.69) is 12.1 Å². The van der Waals surface area contributed by atoms with Gasteiger partial charge in [-0.05, 0) is 43.4 Å². The zero-order valence-electron chi connectivity index (χ0n) is 11.9. The van der Waals surface area contributed by atoms with Crippen molar-refractivity contribution in [1.82, 2.24) is 5.16 Å². The van der Waals surface area contributed by atoms with Crippen molar-refractivity contribution in [3.8, 4) is 16.9 Å². The molecule has 1 fully saturated rings. The second-order valence-corrected chi connectivity index (χ2v) is 5.39. The summed E-state index contributed by atoms with van der Waals surface area (Å²) in [6, 6.07) is 7.93. The lowest BCUT2D eigenvalue weighted by Gasteiger charge is -2.09. The van der Waals surface area contributed by atoms with Crippen LogP contribution in [0.2, 0.25) is 0 Å². The third-order valence-electron chi connectivity index (χ3n) is 3.94. The predicted molar refractivity (Wildman–Crippen MR) is 78.7 cm³/mol. The SMILES string of the molecule is CCOc1ccc(-c2c(N)noc2C(C)C2CC2)cc1. The third-order valence-corrected chi connectivity index (χ3v) is 3.94. The number of hydrogen-bond donors (Lipinski definition) is 1. The lowest BCUT2D eigenvalue weighted by molar-refractivity contribution is 0.340. The minimum Gasteiger partial charge on any atom is -0.494 e. The van der Waals surface area contributed by atoms with Crippen LogP contribution in [0.4, 0.5) is 5.82 Å². The molecule has 1 aromatic heterocycles. The van der Waals surface area contributed by atoms with Gasteiger partial charge in [-0.1, -0.05) is 24.2 Å². The van der Waals surface area contributed by atoms with Gasteiger partial charge in [-0.25, -0.2) is 0 Å². The number of benzene rings is 1. The van der Waals surface area contributed by atoms with Crippen molar-refractivity contribution >= 4 is 5.82 Å². The van der Waals surface area contributed by atoms with Crippen molar-refractivity contribution in [2.75, 3.05) is 12.3 Å². The van der Waals surface area contributed by atoms with Crippen molar-refractivity contribution in [1.29, 1.82) is 0 Å². The molecule has 0 amide bonds. The zero-order valence-corrected chi connectivity index (χ0v) is 11.9. The summed E-state index contributed by atoms with van der Waals surface area (Å²) < 4.78 is 10.9. The summed E-state index contributed by atoms with van der Waals surface area (Å²) in [7, 11) is 0. The Labute approximate surface area is 118 Å². The second kappa shape index (κ2) is 5.19. The minimum absolute atomic E-state index is 0.376. The molecular formula is C16H20N2O2. The van der Waals surface area contributed by atoms with Crippen LogP contribution < -0.4 is 10.5 Å². The van der Waals surface area contributed by atoms with E-state index in [0.29, 0.717) is 24.3 Å². The zero-order chi connectivity index (χ0) is 14.1. The predicted octanol–water partition coefficient (Wildman–Crippen LogP) is 3.84. The van der Waals surface area contributed by atoms with Crippen molar-refractivity contribution in [2.45, 2.75) is 32.6 Å². The molecule has 20 heavy (non-hydrogen) atoms. The van der Waals surface area contributed by atoms with Gasteiger partial charge in [0.2, 0.25) is 0 Å². The molecule has 1 heterocycles. The molecule has 1 aliphatic carbocycles. The van der Waals surface area contributed by atoms with E-state index < -0.39 is 0 Å². The van der Waals surface area contributed by atoms with Gasteiger partial charge in [0.15, 0.2) is 5.82 Å². The number of nitrogen functional groups attached to an aromatic ring is 1. The van der Waals surface area contributed by atoms with Crippen molar-refractivity contribution in [3.05, 3.63) is 30.0 Å². The molecule has 0 saturated heterocycles. The molecule has 1 atom stereocenters. The quantitative estimate of drug-likeness (QED) is 0.898. The maximum absolute atomic E-state index is 5.99. The van der Waals surface area contributed by atoms with Gasteiger partial charge in [0.1, 0.15) is 11.5 Å². The molecule has 4 nitrogen and oxygen atoms in total. The first kappa shape index (κ1) is 13.0. The number of aromatic nitrogens is 1. The first-order valence-electron chi connectivity index (χ1n) is 7.19. The van der Waals surface area contributed by atoms with Crippen molar-refractivity contribution < 1.29 is 9.26 Å². The minimum atomic E-state index is 0.376. The summed E-state index contributed by atoms with van der Waals surface area (Å²) in [6.45, 7) is 4.83. The Hall–Kier alpha value is -1.97. The molecule has 0 aliphatic heterocycles. The summed E-state index contributed by atoms with van der Waals surface area (Å²) in [5.41, 5.74) is 7.97. The van der Waals surface area contributed by atoms with Gasteiger partial charge in [0.25, 0.3) is 0 Å². The average molecular weight is 272 g/mol. The summed E-state index contributed by atoms with van der Waals surface area (Å²) >= 11 is 0. The number of ether oxygens (including phenoxy) is 1. The highest BCUT2D eigenvalue weighted by molar-refractivity contribution is 5.76. The maximum Gasteiger partial charge on any atom is 0.175 e. The summed E-state index contributed by atoms with van der Waals surface area (Å²) in [4.78, 5) is 0. The average Bonchev–Trinajstić information content (AvgIpc) is 3.23. The van der Waals surface area contributed by atoms with Crippen LogP contribution in [-0.2, 0) is 0 Å². The van der Waals surface area contributed by atoms with Gasteiger partial charge in [0, 0.05) is 5.92 Å². The number of hydrogen-bond acceptors (Lipinski definition) is 4. The summed E-state index contributed by atoms with van der Waals surface area (Å²) in [6.07, 6.45) is 2.54. The Morgan fingerprint density at radius 2 is 2.05 bits per heavy atom. The fourth-order valence-electron chi connectivity index (χ4n) is 2.61. The Morgan fingerprint density at radius 1 is 1.35 bits per heavy atom. The van der Waals surface area contributed by atoms with Gasteiger partial charge in [-0.2, -0.15) is 0 Å². The Balaban J connectivity index is 1.94. The fraction of sp³-hybridized carbons (Fsp3) is 0.438. The van der Waals surface area contributed by atoms with Crippen LogP contribution in [0, 0.1) is 5.92 Å².